The number of aliphatic hydroxyl groups excluding tert-OH is 1. The van der Waals surface area contributed by atoms with Gasteiger partial charge in [0.2, 0.25) is 0 Å². The number of carbonyl (C=O) groups is 1. The van der Waals surface area contributed by atoms with Gasteiger partial charge < -0.3 is 5.11 Å². The first kappa shape index (κ1) is 10.6. The molecule has 0 heterocycles. The summed E-state index contributed by atoms with van der Waals surface area (Å²) in [6.07, 6.45) is 5.54. The van der Waals surface area contributed by atoms with E-state index in [1.54, 1.807) is 0 Å². The lowest BCUT2D eigenvalue weighted by atomic mass is 9.68. The van der Waals surface area contributed by atoms with Crippen molar-refractivity contribution in [1.82, 2.24) is 0 Å². The van der Waals surface area contributed by atoms with E-state index in [0.29, 0.717) is 17.9 Å². The number of hydrogen-bond donors (Lipinski definition) is 1. The van der Waals surface area contributed by atoms with Crippen LogP contribution >= 0.6 is 0 Å². The minimum atomic E-state index is -0.0897. The Morgan fingerprint density at radius 1 is 1.60 bits per heavy atom. The van der Waals surface area contributed by atoms with Crippen molar-refractivity contribution >= 4 is 5.78 Å². The third-order valence-electron chi connectivity index (χ3n) is 4.23. The SMILES string of the molecule is C=C[C@@H]1CCC2=C(CO)C(=O)CC[C@]21C. The van der Waals surface area contributed by atoms with Crippen LogP contribution < -0.4 is 0 Å². The van der Waals surface area contributed by atoms with Gasteiger partial charge in [-0.2, -0.15) is 0 Å². The Bertz CT molecular complexity index is 340. The van der Waals surface area contributed by atoms with Crippen molar-refractivity contribution in [2.24, 2.45) is 11.3 Å². The van der Waals surface area contributed by atoms with E-state index < -0.39 is 0 Å². The van der Waals surface area contributed by atoms with Crippen molar-refractivity contribution in [2.45, 2.75) is 32.6 Å². The van der Waals surface area contributed by atoms with Crippen molar-refractivity contribution in [2.75, 3.05) is 6.61 Å². The molecular weight excluding hydrogens is 188 g/mol. The number of hydrogen-bond acceptors (Lipinski definition) is 2. The molecule has 0 spiro atoms. The molecule has 2 aliphatic rings. The van der Waals surface area contributed by atoms with Crippen molar-refractivity contribution < 1.29 is 9.90 Å². The minimum Gasteiger partial charge on any atom is -0.392 e. The standard InChI is InChI=1S/C13H18O2/c1-3-9-4-5-11-10(8-14)12(15)6-7-13(9,11)2/h3,9,14H,1,4-8H2,2H3/t9-,13+/m1/s1. The van der Waals surface area contributed by atoms with Crippen LogP contribution in [0.2, 0.25) is 0 Å². The summed E-state index contributed by atoms with van der Waals surface area (Å²) in [6.45, 7) is 6.00. The lowest BCUT2D eigenvalue weighted by Crippen LogP contribution is -2.30. The molecule has 0 unspecified atom stereocenters. The molecule has 0 aromatic rings. The van der Waals surface area contributed by atoms with Gasteiger partial charge in [0.15, 0.2) is 5.78 Å². The van der Waals surface area contributed by atoms with Gasteiger partial charge in [-0.05, 0) is 30.6 Å². The first-order valence-electron chi connectivity index (χ1n) is 5.62. The van der Waals surface area contributed by atoms with Gasteiger partial charge in [0.1, 0.15) is 0 Å². The first-order chi connectivity index (χ1) is 7.13. The zero-order valence-corrected chi connectivity index (χ0v) is 9.25. The van der Waals surface area contributed by atoms with Crippen LogP contribution in [0.25, 0.3) is 0 Å². The number of allylic oxidation sites excluding steroid dienone is 2. The fourth-order valence-corrected chi connectivity index (χ4v) is 3.21. The summed E-state index contributed by atoms with van der Waals surface area (Å²) < 4.78 is 0. The highest BCUT2D eigenvalue weighted by Gasteiger charge is 2.45. The summed E-state index contributed by atoms with van der Waals surface area (Å²) in [5.41, 5.74) is 1.98. The Morgan fingerprint density at radius 3 is 2.93 bits per heavy atom. The molecule has 0 radical (unpaired) electrons. The molecule has 15 heavy (non-hydrogen) atoms. The Balaban J connectivity index is 2.48. The molecule has 2 atom stereocenters. The van der Waals surface area contributed by atoms with Gasteiger partial charge in [-0.15, -0.1) is 6.58 Å². The molecule has 0 aliphatic heterocycles. The van der Waals surface area contributed by atoms with E-state index in [2.05, 4.69) is 13.5 Å². The minimum absolute atomic E-state index is 0.0897. The second-order valence-electron chi connectivity index (χ2n) is 4.84. The van der Waals surface area contributed by atoms with Gasteiger partial charge in [-0.1, -0.05) is 18.6 Å². The lowest BCUT2D eigenvalue weighted by molar-refractivity contribution is -0.117. The van der Waals surface area contributed by atoms with Crippen LogP contribution in [0.15, 0.2) is 23.8 Å². The Kier molecular flexibility index (Phi) is 2.55. The highest BCUT2D eigenvalue weighted by Crippen LogP contribution is 2.54. The molecule has 1 fully saturated rings. The fraction of sp³-hybridized carbons (Fsp3) is 0.615. The van der Waals surface area contributed by atoms with Gasteiger partial charge in [-0.3, -0.25) is 4.79 Å². The molecule has 2 nitrogen and oxygen atoms in total. The van der Waals surface area contributed by atoms with Crippen LogP contribution in [0.5, 0.6) is 0 Å². The van der Waals surface area contributed by atoms with Gasteiger partial charge in [0, 0.05) is 12.0 Å². The summed E-state index contributed by atoms with van der Waals surface area (Å²) in [6, 6.07) is 0. The van der Waals surface area contributed by atoms with Crippen molar-refractivity contribution in [3.63, 3.8) is 0 Å². The third kappa shape index (κ3) is 1.39. The van der Waals surface area contributed by atoms with E-state index in [9.17, 15) is 9.90 Å². The molecule has 2 rings (SSSR count). The van der Waals surface area contributed by atoms with Crippen molar-refractivity contribution in [3.8, 4) is 0 Å². The number of ketones is 1. The highest BCUT2D eigenvalue weighted by atomic mass is 16.3. The Morgan fingerprint density at radius 2 is 2.33 bits per heavy atom. The van der Waals surface area contributed by atoms with Crippen LogP contribution in [0, 0.1) is 11.3 Å². The molecule has 0 aromatic heterocycles. The largest absolute Gasteiger partial charge is 0.392 e. The molecule has 0 aromatic carbocycles. The van der Waals surface area contributed by atoms with E-state index >= 15 is 0 Å². The van der Waals surface area contributed by atoms with E-state index in [4.69, 9.17) is 0 Å². The molecule has 0 bridgehead atoms. The summed E-state index contributed by atoms with van der Waals surface area (Å²) in [4.78, 5) is 11.7. The molecule has 1 saturated carbocycles. The average molecular weight is 206 g/mol. The fourth-order valence-electron chi connectivity index (χ4n) is 3.21. The maximum Gasteiger partial charge on any atom is 0.161 e. The number of Topliss-reactive ketones (excluding diaryl/α,β-unsaturated/α-hetero) is 1. The smallest absolute Gasteiger partial charge is 0.161 e. The van der Waals surface area contributed by atoms with Crippen LogP contribution in [0.4, 0.5) is 0 Å². The highest BCUT2D eigenvalue weighted by molar-refractivity contribution is 5.97. The van der Waals surface area contributed by atoms with Crippen LogP contribution in [0.1, 0.15) is 32.6 Å². The van der Waals surface area contributed by atoms with Gasteiger partial charge in [0.05, 0.1) is 6.61 Å². The molecule has 2 aliphatic carbocycles. The summed E-state index contributed by atoms with van der Waals surface area (Å²) in [7, 11) is 0. The van der Waals surface area contributed by atoms with Crippen LogP contribution in [-0.2, 0) is 4.79 Å². The topological polar surface area (TPSA) is 37.3 Å². The zero-order valence-electron chi connectivity index (χ0n) is 9.25. The molecular formula is C13H18O2. The zero-order chi connectivity index (χ0) is 11.1. The van der Waals surface area contributed by atoms with Crippen molar-refractivity contribution in [3.05, 3.63) is 23.8 Å². The normalized spacial score (nSPS) is 35.6. The summed E-state index contributed by atoms with van der Waals surface area (Å²) in [5.74, 6) is 0.622. The van der Waals surface area contributed by atoms with Crippen molar-refractivity contribution in [1.29, 1.82) is 0 Å². The van der Waals surface area contributed by atoms with E-state index in [-0.39, 0.29) is 17.8 Å². The predicted molar refractivity (Wildman–Crippen MR) is 59.4 cm³/mol. The van der Waals surface area contributed by atoms with Crippen LogP contribution in [-0.4, -0.2) is 17.5 Å². The number of carbonyl (C=O) groups excluding carboxylic acids is 1. The monoisotopic (exact) mass is 206 g/mol. The summed E-state index contributed by atoms with van der Waals surface area (Å²) >= 11 is 0. The number of aliphatic hydroxyl groups is 1. The molecule has 0 saturated heterocycles. The first-order valence-corrected chi connectivity index (χ1v) is 5.62. The van der Waals surface area contributed by atoms with Gasteiger partial charge in [-0.25, -0.2) is 0 Å². The van der Waals surface area contributed by atoms with E-state index in [1.807, 2.05) is 6.08 Å². The Hall–Kier alpha value is -0.890. The maximum atomic E-state index is 11.7. The average Bonchev–Trinajstić information content (AvgIpc) is 2.56. The second kappa shape index (κ2) is 3.60. The lowest BCUT2D eigenvalue weighted by Gasteiger charge is -2.36. The number of fused-ring (bicyclic) bond motifs is 1. The van der Waals surface area contributed by atoms with Gasteiger partial charge in [0.25, 0.3) is 0 Å². The van der Waals surface area contributed by atoms with E-state index in [0.717, 1.165) is 19.3 Å². The maximum absolute atomic E-state index is 11.7. The summed E-state index contributed by atoms with van der Waals surface area (Å²) in [5, 5.41) is 9.28. The van der Waals surface area contributed by atoms with E-state index in [1.165, 1.54) is 5.57 Å². The van der Waals surface area contributed by atoms with Crippen LogP contribution in [0.3, 0.4) is 0 Å². The predicted octanol–water partition coefficient (Wildman–Crippen LogP) is 2.24. The van der Waals surface area contributed by atoms with Gasteiger partial charge >= 0.3 is 0 Å². The second-order valence-corrected chi connectivity index (χ2v) is 4.84. The molecule has 2 heteroatoms. The third-order valence-corrected chi connectivity index (χ3v) is 4.23. The molecule has 0 amide bonds. The molecule has 82 valence electrons. The molecule has 1 N–H and O–H groups in total. The quantitative estimate of drug-likeness (QED) is 0.703. The number of rotatable bonds is 2. The Labute approximate surface area is 90.7 Å².